The number of rotatable bonds is 6. The maximum Gasteiger partial charge on any atom is 0.410 e. The smallest absolute Gasteiger partial charge is 0.410 e. The van der Waals surface area contributed by atoms with E-state index in [-0.39, 0.29) is 17.2 Å². The molecular weight excluding hydrogens is 428 g/mol. The first kappa shape index (κ1) is 25.5. The van der Waals surface area contributed by atoms with Gasteiger partial charge in [0.25, 0.3) is 8.32 Å². The Balaban J connectivity index is 1.76. The first-order valence-corrected chi connectivity index (χ1v) is 13.9. The highest BCUT2D eigenvalue weighted by Crippen LogP contribution is 2.36. The van der Waals surface area contributed by atoms with E-state index in [0.29, 0.717) is 19.7 Å². The number of hydrogen-bond acceptors (Lipinski definition) is 4. The molecule has 3 rings (SSSR count). The molecular formula is C27H40N2O3Si. The van der Waals surface area contributed by atoms with Crippen LogP contribution in [0.25, 0.3) is 0 Å². The Morgan fingerprint density at radius 3 is 2.00 bits per heavy atom. The van der Waals surface area contributed by atoms with Crippen LogP contribution in [-0.2, 0) is 9.16 Å². The minimum absolute atomic E-state index is 0.0434. The van der Waals surface area contributed by atoms with Gasteiger partial charge in [0, 0.05) is 32.3 Å². The summed E-state index contributed by atoms with van der Waals surface area (Å²) >= 11 is 0. The molecule has 0 bridgehead atoms. The first-order chi connectivity index (χ1) is 15.5. The minimum atomic E-state index is -2.54. The lowest BCUT2D eigenvalue weighted by atomic mass is 10.1. The number of hydrogen-bond donors (Lipinski definition) is 1. The van der Waals surface area contributed by atoms with Gasteiger partial charge in [-0.1, -0.05) is 81.4 Å². The van der Waals surface area contributed by atoms with E-state index in [1.54, 1.807) is 0 Å². The molecule has 0 aromatic heterocycles. The molecule has 33 heavy (non-hydrogen) atoms. The van der Waals surface area contributed by atoms with Crippen molar-refractivity contribution in [2.75, 3.05) is 26.2 Å². The summed E-state index contributed by atoms with van der Waals surface area (Å²) in [6, 6.07) is 21.6. The number of nitrogens with one attached hydrogen (secondary N) is 1. The Hall–Kier alpha value is -2.15. The van der Waals surface area contributed by atoms with E-state index in [4.69, 9.17) is 9.16 Å². The van der Waals surface area contributed by atoms with Gasteiger partial charge < -0.3 is 19.4 Å². The number of benzene rings is 2. The maximum atomic E-state index is 12.5. The first-order valence-electron chi connectivity index (χ1n) is 12.0. The molecule has 0 unspecified atom stereocenters. The Bertz CT molecular complexity index is 852. The number of carbonyl (C=O) groups is 1. The Labute approximate surface area is 200 Å². The molecule has 1 aliphatic heterocycles. The molecule has 0 spiro atoms. The van der Waals surface area contributed by atoms with Gasteiger partial charge in [0.1, 0.15) is 5.60 Å². The molecule has 1 amide bonds. The van der Waals surface area contributed by atoms with Crippen molar-refractivity contribution in [2.24, 2.45) is 0 Å². The summed E-state index contributed by atoms with van der Waals surface area (Å²) in [5.74, 6) is 0. The van der Waals surface area contributed by atoms with Gasteiger partial charge >= 0.3 is 6.09 Å². The van der Waals surface area contributed by atoms with Crippen LogP contribution in [0.3, 0.4) is 0 Å². The van der Waals surface area contributed by atoms with Gasteiger partial charge in [-0.25, -0.2) is 4.79 Å². The molecule has 1 saturated heterocycles. The molecule has 1 fully saturated rings. The van der Waals surface area contributed by atoms with Gasteiger partial charge in [-0.15, -0.1) is 0 Å². The summed E-state index contributed by atoms with van der Waals surface area (Å²) in [6.07, 6.45) is 0.603. The highest BCUT2D eigenvalue weighted by Gasteiger charge is 2.50. The highest BCUT2D eigenvalue weighted by atomic mass is 28.4. The second-order valence-electron chi connectivity index (χ2n) is 10.9. The molecule has 2 aromatic rings. The monoisotopic (exact) mass is 468 g/mol. The van der Waals surface area contributed by atoms with Crippen LogP contribution < -0.4 is 15.7 Å². The molecule has 5 nitrogen and oxygen atoms in total. The molecule has 0 saturated carbocycles. The fourth-order valence-corrected chi connectivity index (χ4v) is 9.21. The average molecular weight is 469 g/mol. The van der Waals surface area contributed by atoms with Crippen LogP contribution in [-0.4, -0.2) is 57.2 Å². The van der Waals surface area contributed by atoms with Gasteiger partial charge in [-0.05, 0) is 42.6 Å². The zero-order chi connectivity index (χ0) is 24.1. The number of ether oxygens (including phenoxy) is 1. The van der Waals surface area contributed by atoms with E-state index in [9.17, 15) is 4.79 Å². The van der Waals surface area contributed by atoms with Crippen molar-refractivity contribution in [3.05, 3.63) is 60.7 Å². The van der Waals surface area contributed by atoms with Crippen LogP contribution in [0.4, 0.5) is 4.79 Å². The third-order valence-electron chi connectivity index (χ3n) is 6.11. The Morgan fingerprint density at radius 2 is 1.52 bits per heavy atom. The third-order valence-corrected chi connectivity index (χ3v) is 11.2. The van der Waals surface area contributed by atoms with Crippen molar-refractivity contribution in [1.29, 1.82) is 0 Å². The van der Waals surface area contributed by atoms with Crippen molar-refractivity contribution < 1.29 is 14.0 Å². The van der Waals surface area contributed by atoms with Crippen LogP contribution >= 0.6 is 0 Å². The molecule has 1 aliphatic rings. The lowest BCUT2D eigenvalue weighted by Crippen LogP contribution is -2.66. The fourth-order valence-electron chi connectivity index (χ4n) is 4.63. The van der Waals surface area contributed by atoms with Crippen molar-refractivity contribution >= 4 is 24.8 Å². The van der Waals surface area contributed by atoms with Gasteiger partial charge in [0.05, 0.1) is 0 Å². The van der Waals surface area contributed by atoms with E-state index in [2.05, 4.69) is 86.8 Å². The van der Waals surface area contributed by atoms with E-state index in [1.807, 2.05) is 25.7 Å². The Morgan fingerprint density at radius 1 is 0.970 bits per heavy atom. The minimum Gasteiger partial charge on any atom is -0.444 e. The molecule has 6 heteroatoms. The van der Waals surface area contributed by atoms with Crippen molar-refractivity contribution in [1.82, 2.24) is 10.2 Å². The molecule has 2 aromatic carbocycles. The summed E-state index contributed by atoms with van der Waals surface area (Å²) in [4.78, 5) is 14.4. The van der Waals surface area contributed by atoms with Crippen molar-refractivity contribution in [2.45, 2.75) is 64.6 Å². The number of carbonyl (C=O) groups excluding carboxylic acids is 1. The summed E-state index contributed by atoms with van der Waals surface area (Å²) in [5.41, 5.74) is -0.482. The largest absolute Gasteiger partial charge is 0.444 e. The van der Waals surface area contributed by atoms with E-state index in [1.165, 1.54) is 10.4 Å². The van der Waals surface area contributed by atoms with Crippen molar-refractivity contribution in [3.8, 4) is 0 Å². The predicted molar refractivity (Wildman–Crippen MR) is 138 cm³/mol. The molecule has 1 N–H and O–H groups in total. The second-order valence-corrected chi connectivity index (χ2v) is 15.2. The van der Waals surface area contributed by atoms with Crippen LogP contribution in [0.1, 0.15) is 48.0 Å². The predicted octanol–water partition coefficient (Wildman–Crippen LogP) is 4.16. The van der Waals surface area contributed by atoms with Crippen molar-refractivity contribution in [3.63, 3.8) is 0 Å². The molecule has 1 heterocycles. The average Bonchev–Trinajstić information content (AvgIpc) is 2.76. The summed E-state index contributed by atoms with van der Waals surface area (Å²) < 4.78 is 12.6. The summed E-state index contributed by atoms with van der Waals surface area (Å²) in [6.45, 7) is 15.3. The maximum absolute atomic E-state index is 12.5. The number of nitrogens with zero attached hydrogens (tertiary/aromatic N) is 1. The highest BCUT2D eigenvalue weighted by molar-refractivity contribution is 6.99. The fraction of sp³-hybridized carbons (Fsp3) is 0.519. The third kappa shape index (κ3) is 6.25. The number of piperazine rings is 1. The molecule has 180 valence electrons. The van der Waals surface area contributed by atoms with Gasteiger partial charge in [-0.2, -0.15) is 0 Å². The normalized spacial score (nSPS) is 17.6. The van der Waals surface area contributed by atoms with E-state index in [0.717, 1.165) is 13.0 Å². The summed E-state index contributed by atoms with van der Waals surface area (Å²) in [5, 5.41) is 6.09. The molecule has 0 aliphatic carbocycles. The second kappa shape index (κ2) is 10.4. The quantitative estimate of drug-likeness (QED) is 0.647. The van der Waals surface area contributed by atoms with Crippen LogP contribution in [0.5, 0.6) is 0 Å². The van der Waals surface area contributed by atoms with Gasteiger partial charge in [0.2, 0.25) is 0 Å². The van der Waals surface area contributed by atoms with Crippen LogP contribution in [0, 0.1) is 0 Å². The zero-order valence-corrected chi connectivity index (χ0v) is 22.1. The van der Waals surface area contributed by atoms with Crippen LogP contribution in [0.2, 0.25) is 5.04 Å². The summed E-state index contributed by atoms with van der Waals surface area (Å²) in [7, 11) is -2.54. The standard InChI is InChI=1S/C27H40N2O3Si/c1-26(2,3)32-25(30)29-19-18-28-22(21-29)17-20-31-33(27(4,5)6,23-13-9-7-10-14-23)24-15-11-8-12-16-24/h7-16,22,28H,17-21H2,1-6H3/t22-/m1/s1. The molecule has 1 atom stereocenters. The van der Waals surface area contributed by atoms with Crippen LogP contribution in [0.15, 0.2) is 60.7 Å². The topological polar surface area (TPSA) is 50.8 Å². The van der Waals surface area contributed by atoms with Gasteiger partial charge in [0.15, 0.2) is 0 Å². The van der Waals surface area contributed by atoms with Gasteiger partial charge in [-0.3, -0.25) is 0 Å². The zero-order valence-electron chi connectivity index (χ0n) is 21.1. The van der Waals surface area contributed by atoms with E-state index < -0.39 is 13.9 Å². The lowest BCUT2D eigenvalue weighted by Gasteiger charge is -2.43. The Kier molecular flexibility index (Phi) is 8.03. The number of amides is 1. The SMILES string of the molecule is CC(C)(C)OC(=O)N1CCN[C@H](CCO[Si](c2ccccc2)(c2ccccc2)C(C)(C)C)C1. The van der Waals surface area contributed by atoms with E-state index >= 15 is 0 Å². The lowest BCUT2D eigenvalue weighted by molar-refractivity contribution is 0.0187. The molecule has 0 radical (unpaired) electrons.